The van der Waals surface area contributed by atoms with Gasteiger partial charge in [0.2, 0.25) is 10.0 Å². The molecule has 0 saturated carbocycles. The normalized spacial score (nSPS) is 11.4. The van der Waals surface area contributed by atoms with E-state index in [2.05, 4.69) is 5.32 Å². The van der Waals surface area contributed by atoms with Crippen LogP contribution in [-0.4, -0.2) is 53.8 Å². The maximum absolute atomic E-state index is 12.6. The number of amides is 1. The summed E-state index contributed by atoms with van der Waals surface area (Å²) in [6.45, 7) is 4.90. The van der Waals surface area contributed by atoms with Crippen LogP contribution in [0, 0.1) is 17.0 Å². The number of carbonyl (C=O) groups excluding carboxylic acids is 2. The third kappa shape index (κ3) is 5.47. The molecule has 0 fully saturated rings. The van der Waals surface area contributed by atoms with E-state index in [1.54, 1.807) is 20.8 Å². The Balaban J connectivity index is 2.06. The number of rotatable bonds is 9. The fraction of sp³-hybridized carbons (Fsp3) is 0.368. The Bertz CT molecular complexity index is 1100. The molecule has 0 spiro atoms. The van der Waals surface area contributed by atoms with Crippen molar-refractivity contribution in [1.82, 2.24) is 8.87 Å². The number of nitrogens with one attached hydrogen (secondary N) is 1. The number of hydrogen-bond donors (Lipinski definition) is 1. The number of nitro benzene ring substituents is 1. The van der Waals surface area contributed by atoms with Crippen LogP contribution in [0.1, 0.15) is 29.9 Å². The van der Waals surface area contributed by atoms with Gasteiger partial charge in [0.1, 0.15) is 10.6 Å². The van der Waals surface area contributed by atoms with Crippen molar-refractivity contribution < 1.29 is 27.7 Å². The van der Waals surface area contributed by atoms with E-state index in [0.717, 1.165) is 0 Å². The van der Waals surface area contributed by atoms with Gasteiger partial charge in [-0.3, -0.25) is 14.9 Å². The molecule has 0 unspecified atom stereocenters. The van der Waals surface area contributed by atoms with Crippen LogP contribution >= 0.6 is 0 Å². The van der Waals surface area contributed by atoms with Crippen molar-refractivity contribution in [3.8, 4) is 0 Å². The predicted molar refractivity (Wildman–Crippen MR) is 112 cm³/mol. The molecule has 0 radical (unpaired) electrons. The highest BCUT2D eigenvalue weighted by Crippen LogP contribution is 2.22. The molecule has 0 aliphatic rings. The van der Waals surface area contributed by atoms with Crippen molar-refractivity contribution in [3.63, 3.8) is 0 Å². The molecular formula is C19H24N4O7S. The molecule has 1 heterocycles. The van der Waals surface area contributed by atoms with Crippen LogP contribution in [0.5, 0.6) is 0 Å². The van der Waals surface area contributed by atoms with Gasteiger partial charge in [-0.15, -0.1) is 0 Å². The molecule has 2 aromatic rings. The summed E-state index contributed by atoms with van der Waals surface area (Å²) >= 11 is 0. The Morgan fingerprint density at radius 2 is 1.87 bits per heavy atom. The van der Waals surface area contributed by atoms with Crippen LogP contribution in [-0.2, 0) is 26.6 Å². The minimum Gasteiger partial charge on any atom is -0.451 e. The van der Waals surface area contributed by atoms with Crippen LogP contribution in [0.15, 0.2) is 35.4 Å². The van der Waals surface area contributed by atoms with Gasteiger partial charge in [0.25, 0.3) is 11.6 Å². The van der Waals surface area contributed by atoms with E-state index >= 15 is 0 Å². The van der Waals surface area contributed by atoms with Crippen molar-refractivity contribution in [2.75, 3.05) is 25.0 Å². The van der Waals surface area contributed by atoms with Crippen molar-refractivity contribution in [1.29, 1.82) is 0 Å². The molecule has 0 aliphatic carbocycles. The van der Waals surface area contributed by atoms with Crippen molar-refractivity contribution in [2.24, 2.45) is 7.05 Å². The summed E-state index contributed by atoms with van der Waals surface area (Å²) in [5.74, 6) is -1.58. The second kappa shape index (κ2) is 9.71. The molecule has 0 saturated heterocycles. The molecule has 1 aromatic heterocycles. The molecule has 31 heavy (non-hydrogen) atoms. The first-order valence-corrected chi connectivity index (χ1v) is 10.8. The van der Waals surface area contributed by atoms with E-state index in [-0.39, 0.29) is 35.1 Å². The van der Waals surface area contributed by atoms with Crippen molar-refractivity contribution >= 4 is 33.3 Å². The monoisotopic (exact) mass is 452 g/mol. The lowest BCUT2D eigenvalue weighted by atomic mass is 10.2. The van der Waals surface area contributed by atoms with E-state index in [1.165, 1.54) is 46.4 Å². The van der Waals surface area contributed by atoms with Crippen LogP contribution in [0.3, 0.4) is 0 Å². The number of sulfonamides is 1. The maximum atomic E-state index is 12.6. The second-order valence-corrected chi connectivity index (χ2v) is 8.58. The first-order chi connectivity index (χ1) is 14.5. The summed E-state index contributed by atoms with van der Waals surface area (Å²) in [6.07, 6.45) is 1.30. The van der Waals surface area contributed by atoms with E-state index in [1.807, 2.05) is 0 Å². The third-order valence-electron chi connectivity index (χ3n) is 4.56. The van der Waals surface area contributed by atoms with E-state index in [0.29, 0.717) is 5.56 Å². The molecule has 11 nitrogen and oxygen atoms in total. The van der Waals surface area contributed by atoms with E-state index in [9.17, 15) is 28.1 Å². The van der Waals surface area contributed by atoms with Crippen LogP contribution in [0.25, 0.3) is 0 Å². The third-order valence-corrected chi connectivity index (χ3v) is 6.57. The number of nitrogens with zero attached hydrogens (tertiary/aromatic N) is 3. The van der Waals surface area contributed by atoms with Gasteiger partial charge in [-0.2, -0.15) is 4.31 Å². The summed E-state index contributed by atoms with van der Waals surface area (Å²) in [4.78, 5) is 34.8. The molecule has 12 heteroatoms. The SMILES string of the molecule is CCN(CC)S(=O)(=O)c1cc(C(=O)OCC(=O)Nc2ccc(C)c([N+](=O)[O-])c2)n(C)c1. The Morgan fingerprint density at radius 3 is 2.45 bits per heavy atom. The minimum absolute atomic E-state index is 0.0375. The topological polar surface area (TPSA) is 141 Å². The van der Waals surface area contributed by atoms with Crippen molar-refractivity contribution in [2.45, 2.75) is 25.7 Å². The molecule has 0 bridgehead atoms. The molecule has 1 aromatic carbocycles. The average molecular weight is 452 g/mol. The Morgan fingerprint density at radius 1 is 1.23 bits per heavy atom. The molecule has 2 rings (SSSR count). The van der Waals surface area contributed by atoms with Gasteiger partial charge in [-0.05, 0) is 19.1 Å². The van der Waals surface area contributed by atoms with Gasteiger partial charge in [0.15, 0.2) is 6.61 Å². The highest BCUT2D eigenvalue weighted by Gasteiger charge is 2.26. The van der Waals surface area contributed by atoms with Crippen LogP contribution in [0.4, 0.5) is 11.4 Å². The predicted octanol–water partition coefficient (Wildman–Crippen LogP) is 2.07. The summed E-state index contributed by atoms with van der Waals surface area (Å²) in [7, 11) is -2.26. The van der Waals surface area contributed by atoms with Gasteiger partial charge in [-0.25, -0.2) is 13.2 Å². The lowest BCUT2D eigenvalue weighted by molar-refractivity contribution is -0.385. The zero-order valence-corrected chi connectivity index (χ0v) is 18.4. The first kappa shape index (κ1) is 24.0. The Kier molecular flexibility index (Phi) is 7.52. The summed E-state index contributed by atoms with van der Waals surface area (Å²) in [5.41, 5.74) is 0.434. The Hall–Kier alpha value is -3.25. The van der Waals surface area contributed by atoms with Gasteiger partial charge >= 0.3 is 5.97 Å². The first-order valence-electron chi connectivity index (χ1n) is 9.39. The average Bonchev–Trinajstić information content (AvgIpc) is 3.10. The number of hydrogen-bond acceptors (Lipinski definition) is 7. The summed E-state index contributed by atoms with van der Waals surface area (Å²) < 4.78 is 32.7. The van der Waals surface area contributed by atoms with Gasteiger partial charge in [0, 0.05) is 43.7 Å². The molecule has 0 aliphatic heterocycles. The lowest BCUT2D eigenvalue weighted by Gasteiger charge is -2.17. The second-order valence-electron chi connectivity index (χ2n) is 6.64. The zero-order valence-electron chi connectivity index (χ0n) is 17.6. The fourth-order valence-electron chi connectivity index (χ4n) is 2.88. The van der Waals surface area contributed by atoms with Crippen LogP contribution in [0.2, 0.25) is 0 Å². The molecule has 1 amide bonds. The number of anilines is 1. The Labute approximate surface area is 179 Å². The van der Waals surface area contributed by atoms with E-state index in [4.69, 9.17) is 4.74 Å². The number of nitro groups is 1. The number of ether oxygens (including phenoxy) is 1. The highest BCUT2D eigenvalue weighted by molar-refractivity contribution is 7.89. The largest absolute Gasteiger partial charge is 0.451 e. The number of benzene rings is 1. The zero-order chi connectivity index (χ0) is 23.3. The van der Waals surface area contributed by atoms with E-state index < -0.39 is 33.4 Å². The molecule has 0 atom stereocenters. The standard InChI is InChI=1S/C19H24N4O7S/c1-5-22(6-2)31(28,29)15-10-17(21(4)11-15)19(25)30-12-18(24)20-14-8-7-13(3)16(9-14)23(26)27/h7-11H,5-6,12H2,1-4H3,(H,20,24). The number of esters is 1. The number of carbonyl (C=O) groups is 2. The molecular weight excluding hydrogens is 428 g/mol. The van der Waals surface area contributed by atoms with Crippen LogP contribution < -0.4 is 5.32 Å². The van der Waals surface area contributed by atoms with Gasteiger partial charge in [-0.1, -0.05) is 19.9 Å². The molecule has 168 valence electrons. The van der Waals surface area contributed by atoms with Crippen molar-refractivity contribution in [3.05, 3.63) is 51.8 Å². The van der Waals surface area contributed by atoms with Gasteiger partial charge in [0.05, 0.1) is 4.92 Å². The maximum Gasteiger partial charge on any atom is 0.355 e. The minimum atomic E-state index is -3.75. The van der Waals surface area contributed by atoms with Gasteiger partial charge < -0.3 is 14.6 Å². The lowest BCUT2D eigenvalue weighted by Crippen LogP contribution is -2.30. The number of aromatic nitrogens is 1. The molecule has 1 N–H and O–H groups in total. The quantitative estimate of drug-likeness (QED) is 0.349. The summed E-state index contributed by atoms with van der Waals surface area (Å²) in [6, 6.07) is 5.37. The fourth-order valence-corrected chi connectivity index (χ4v) is 4.41. The summed E-state index contributed by atoms with van der Waals surface area (Å²) in [5, 5.41) is 13.4. The number of aryl methyl sites for hydroxylation is 2. The smallest absolute Gasteiger partial charge is 0.355 e. The highest BCUT2D eigenvalue weighted by atomic mass is 32.2.